The third-order valence-electron chi connectivity index (χ3n) is 6.40. The van der Waals surface area contributed by atoms with Crippen LogP contribution in [-0.4, -0.2) is 18.0 Å². The number of carbonyl (C=O) groups is 1. The van der Waals surface area contributed by atoms with E-state index in [0.29, 0.717) is 12.8 Å². The van der Waals surface area contributed by atoms with Gasteiger partial charge in [-0.3, -0.25) is 0 Å². The molecule has 0 aromatic heterocycles. The predicted octanol–water partition coefficient (Wildman–Crippen LogP) is 3.65. The van der Waals surface area contributed by atoms with Crippen molar-refractivity contribution in [3.05, 3.63) is 12.7 Å². The van der Waals surface area contributed by atoms with Gasteiger partial charge in [0, 0.05) is 17.8 Å². The molecule has 0 aromatic rings. The Kier molecular flexibility index (Phi) is 2.95. The fourth-order valence-electron chi connectivity index (χ4n) is 6.10. The van der Waals surface area contributed by atoms with Gasteiger partial charge in [0.2, 0.25) is 0 Å². The number of hydrogen-bond donors (Lipinski definition) is 0. The van der Waals surface area contributed by atoms with Crippen molar-refractivity contribution in [3.63, 3.8) is 0 Å². The van der Waals surface area contributed by atoms with Crippen molar-refractivity contribution in [1.82, 2.24) is 0 Å². The minimum Gasteiger partial charge on any atom is -0.371 e. The van der Waals surface area contributed by atoms with Crippen molar-refractivity contribution in [3.8, 4) is 6.07 Å². The van der Waals surface area contributed by atoms with Gasteiger partial charge >= 0.3 is 0 Å². The van der Waals surface area contributed by atoms with Crippen molar-refractivity contribution in [2.24, 2.45) is 22.2 Å². The number of ether oxygens (including phenoxy) is 1. The zero-order chi connectivity index (χ0) is 15.5. The normalized spacial score (nSPS) is 49.6. The average molecular weight is 287 g/mol. The molecular weight excluding hydrogens is 262 g/mol. The largest absolute Gasteiger partial charge is 0.371 e. The van der Waals surface area contributed by atoms with Crippen LogP contribution in [0.2, 0.25) is 0 Å². The van der Waals surface area contributed by atoms with Crippen molar-refractivity contribution < 1.29 is 9.53 Å². The van der Waals surface area contributed by atoms with Gasteiger partial charge in [-0.25, -0.2) is 0 Å². The Morgan fingerprint density at radius 2 is 2.14 bits per heavy atom. The lowest BCUT2D eigenvalue weighted by Crippen LogP contribution is -2.51. The first-order valence-corrected chi connectivity index (χ1v) is 7.91. The first-order valence-electron chi connectivity index (χ1n) is 7.91. The van der Waals surface area contributed by atoms with Gasteiger partial charge in [0.15, 0.2) is 0 Å². The number of aldehydes is 1. The van der Waals surface area contributed by atoms with Crippen molar-refractivity contribution in [2.75, 3.05) is 0 Å². The Bertz CT molecular complexity index is 534. The SMILES string of the molecule is C=CC12CC3(C)CC(C)(C1)C(O3)C2[C@@](C)(C=O)CCC#N. The second kappa shape index (κ2) is 4.20. The summed E-state index contributed by atoms with van der Waals surface area (Å²) in [5.74, 6) is 0.147. The monoisotopic (exact) mass is 287 g/mol. The van der Waals surface area contributed by atoms with Crippen molar-refractivity contribution in [1.29, 1.82) is 5.26 Å². The van der Waals surface area contributed by atoms with Gasteiger partial charge in [-0.2, -0.15) is 5.26 Å². The van der Waals surface area contributed by atoms with E-state index in [4.69, 9.17) is 10.00 Å². The van der Waals surface area contributed by atoms with E-state index in [1.165, 1.54) is 0 Å². The molecule has 2 saturated heterocycles. The van der Waals surface area contributed by atoms with Gasteiger partial charge in [0.25, 0.3) is 0 Å². The maximum atomic E-state index is 11.9. The second-order valence-corrected chi connectivity index (χ2v) is 8.37. The van der Waals surface area contributed by atoms with Gasteiger partial charge in [-0.15, -0.1) is 6.58 Å². The molecular formula is C18H25NO2. The first kappa shape index (κ1) is 14.8. The third kappa shape index (κ3) is 1.78. The fraction of sp³-hybridized carbons (Fsp3) is 0.778. The Hall–Kier alpha value is -1.14. The smallest absolute Gasteiger partial charge is 0.126 e. The summed E-state index contributed by atoms with van der Waals surface area (Å²) in [6, 6.07) is 2.19. The molecule has 21 heavy (non-hydrogen) atoms. The lowest BCUT2D eigenvalue weighted by atomic mass is 9.57. The summed E-state index contributed by atoms with van der Waals surface area (Å²) in [6.45, 7) is 10.6. The number of carbonyl (C=O) groups excluding carboxylic acids is 1. The highest BCUT2D eigenvalue weighted by Crippen LogP contribution is 2.74. The number of nitriles is 1. The van der Waals surface area contributed by atoms with E-state index in [1.807, 2.05) is 6.92 Å². The molecule has 4 fully saturated rings. The Morgan fingerprint density at radius 3 is 2.71 bits per heavy atom. The summed E-state index contributed by atoms with van der Waals surface area (Å²) in [6.07, 6.45) is 7.39. The van der Waals surface area contributed by atoms with Crippen LogP contribution in [0.15, 0.2) is 12.7 Å². The van der Waals surface area contributed by atoms with Gasteiger partial charge in [-0.05, 0) is 43.4 Å². The quantitative estimate of drug-likeness (QED) is 0.573. The van der Waals surface area contributed by atoms with Gasteiger partial charge in [0.05, 0.1) is 17.8 Å². The lowest BCUT2D eigenvalue weighted by molar-refractivity contribution is -0.162. The maximum Gasteiger partial charge on any atom is 0.126 e. The predicted molar refractivity (Wildman–Crippen MR) is 80.4 cm³/mol. The molecule has 4 aliphatic rings. The van der Waals surface area contributed by atoms with Crippen LogP contribution < -0.4 is 0 Å². The summed E-state index contributed by atoms with van der Waals surface area (Å²) in [5, 5.41) is 8.93. The van der Waals surface area contributed by atoms with E-state index < -0.39 is 5.41 Å². The fourth-order valence-corrected chi connectivity index (χ4v) is 6.10. The molecule has 3 heteroatoms. The van der Waals surface area contributed by atoms with Crippen LogP contribution in [0.4, 0.5) is 0 Å². The Balaban J connectivity index is 2.05. The zero-order valence-electron chi connectivity index (χ0n) is 13.3. The molecule has 0 radical (unpaired) electrons. The minimum absolute atomic E-state index is 0.0181. The van der Waals surface area contributed by atoms with E-state index in [-0.39, 0.29) is 28.5 Å². The molecule has 2 saturated carbocycles. The van der Waals surface area contributed by atoms with Gasteiger partial charge in [-0.1, -0.05) is 19.9 Å². The highest BCUT2D eigenvalue weighted by atomic mass is 16.5. The van der Waals surface area contributed by atoms with Crippen molar-refractivity contribution >= 4 is 6.29 Å². The van der Waals surface area contributed by atoms with Crippen LogP contribution in [0.5, 0.6) is 0 Å². The average Bonchev–Trinajstić information content (AvgIpc) is 2.72. The third-order valence-corrected chi connectivity index (χ3v) is 6.40. The molecule has 2 aliphatic heterocycles. The molecule has 0 aromatic carbocycles. The van der Waals surface area contributed by atoms with Crippen LogP contribution >= 0.6 is 0 Å². The maximum absolute atomic E-state index is 11.9. The number of rotatable bonds is 5. The number of nitrogens with zero attached hydrogens (tertiary/aromatic N) is 1. The molecule has 0 spiro atoms. The lowest BCUT2D eigenvalue weighted by Gasteiger charge is -2.51. The Labute approximate surface area is 127 Å². The molecule has 5 unspecified atom stereocenters. The first-order chi connectivity index (χ1) is 9.76. The van der Waals surface area contributed by atoms with E-state index in [9.17, 15) is 4.79 Å². The molecule has 0 N–H and O–H groups in total. The van der Waals surface area contributed by atoms with Crippen LogP contribution in [-0.2, 0) is 9.53 Å². The molecule has 114 valence electrons. The minimum atomic E-state index is -0.502. The topological polar surface area (TPSA) is 50.1 Å². The van der Waals surface area contributed by atoms with Gasteiger partial charge in [0.1, 0.15) is 6.29 Å². The summed E-state index contributed by atoms with van der Waals surface area (Å²) in [7, 11) is 0. The van der Waals surface area contributed by atoms with E-state index in [2.05, 4.69) is 32.6 Å². The standard InChI is InChI=1S/C18H25NO2/c1-5-18-10-16(3)9-17(4,11-18)21-14(16)13(18)15(2,12-20)7-6-8-19/h5,12-14H,1,6-7,9-11H2,2-4H3/t13?,14?,15-,16?,17?,18?/m1/s1. The van der Waals surface area contributed by atoms with Gasteiger partial charge < -0.3 is 9.53 Å². The van der Waals surface area contributed by atoms with E-state index in [0.717, 1.165) is 25.5 Å². The molecule has 4 rings (SSSR count). The molecule has 0 amide bonds. The van der Waals surface area contributed by atoms with E-state index >= 15 is 0 Å². The van der Waals surface area contributed by atoms with Crippen LogP contribution in [0.3, 0.4) is 0 Å². The van der Waals surface area contributed by atoms with Crippen molar-refractivity contribution in [2.45, 2.75) is 64.6 Å². The molecule has 3 nitrogen and oxygen atoms in total. The van der Waals surface area contributed by atoms with Crippen LogP contribution in [0.1, 0.15) is 52.9 Å². The number of hydrogen-bond acceptors (Lipinski definition) is 3. The van der Waals surface area contributed by atoms with E-state index in [1.54, 1.807) is 0 Å². The van der Waals surface area contributed by atoms with Crippen LogP contribution in [0, 0.1) is 33.5 Å². The summed E-state index contributed by atoms with van der Waals surface area (Å²) in [5.41, 5.74) is -0.446. The number of allylic oxidation sites excluding steroid dienone is 1. The summed E-state index contributed by atoms with van der Waals surface area (Å²) < 4.78 is 6.42. The Morgan fingerprint density at radius 1 is 1.43 bits per heavy atom. The summed E-state index contributed by atoms with van der Waals surface area (Å²) in [4.78, 5) is 11.9. The zero-order valence-corrected chi connectivity index (χ0v) is 13.3. The highest BCUT2D eigenvalue weighted by molar-refractivity contribution is 5.61. The molecule has 2 aliphatic carbocycles. The summed E-state index contributed by atoms with van der Waals surface area (Å²) >= 11 is 0. The second-order valence-electron chi connectivity index (χ2n) is 8.37. The molecule has 6 atom stereocenters. The van der Waals surface area contributed by atoms with Crippen LogP contribution in [0.25, 0.3) is 0 Å². The molecule has 4 bridgehead atoms. The highest BCUT2D eigenvalue weighted by Gasteiger charge is 2.73. The molecule has 2 heterocycles.